The average Bonchev–Trinajstić information content (AvgIpc) is 2.98. The number of rotatable bonds is 33. The van der Waals surface area contributed by atoms with E-state index in [4.69, 9.17) is 14.0 Å². The van der Waals surface area contributed by atoms with Crippen LogP contribution in [0.1, 0.15) is 181 Å². The number of amides is 1. The van der Waals surface area contributed by atoms with Gasteiger partial charge in [0.05, 0.1) is 13.2 Å². The van der Waals surface area contributed by atoms with E-state index < -0.39 is 39.8 Å². The molecule has 0 bridgehead atoms. The molecule has 0 aromatic carbocycles. The number of esters is 2. The molecular formula is C35H67NO8S. The third-order valence-electron chi connectivity index (χ3n) is 8.07. The topological polar surface area (TPSA) is 136 Å². The minimum Gasteiger partial charge on any atom is -0.466 e. The van der Waals surface area contributed by atoms with Gasteiger partial charge in [-0.05, 0) is 19.3 Å². The second-order valence-corrected chi connectivity index (χ2v) is 14.0. The lowest BCUT2D eigenvalue weighted by Gasteiger charge is -2.17. The molecule has 0 aliphatic heterocycles. The van der Waals surface area contributed by atoms with Crippen LogP contribution in [-0.2, 0) is 34.0 Å². The molecule has 0 rings (SSSR count). The first kappa shape index (κ1) is 43.3. The Balaban J connectivity index is 4.16. The molecule has 1 atom stereocenters. The molecule has 0 aromatic heterocycles. The summed E-state index contributed by atoms with van der Waals surface area (Å²) in [5.74, 6) is -3.41. The second kappa shape index (κ2) is 30.9. The lowest BCUT2D eigenvalue weighted by molar-refractivity contribution is -0.149. The Kier molecular flexibility index (Phi) is 29.8. The Morgan fingerprint density at radius 2 is 0.933 bits per heavy atom. The zero-order valence-electron chi connectivity index (χ0n) is 28.8. The lowest BCUT2D eigenvalue weighted by atomic mass is 10.1. The van der Waals surface area contributed by atoms with Gasteiger partial charge >= 0.3 is 11.9 Å². The van der Waals surface area contributed by atoms with E-state index in [-0.39, 0.29) is 19.4 Å². The minimum atomic E-state index is -4.55. The summed E-state index contributed by atoms with van der Waals surface area (Å²) in [6.07, 6.45) is 28.5. The molecule has 0 saturated heterocycles. The van der Waals surface area contributed by atoms with Gasteiger partial charge in [0.2, 0.25) is 5.91 Å². The van der Waals surface area contributed by atoms with E-state index in [1.165, 1.54) is 109 Å². The van der Waals surface area contributed by atoms with Gasteiger partial charge in [0, 0.05) is 6.42 Å². The van der Waals surface area contributed by atoms with Gasteiger partial charge in [0.25, 0.3) is 10.1 Å². The van der Waals surface area contributed by atoms with Crippen molar-refractivity contribution in [3.05, 3.63) is 0 Å². The molecule has 0 heterocycles. The SMILES string of the molecule is CCCCCCCCCCCCCCOC(=O)CCC(NC(=O)CS(=O)(=O)O)C(=O)OCCCCCCCCCCCCCC. The average molecular weight is 662 g/mol. The van der Waals surface area contributed by atoms with Crippen molar-refractivity contribution < 1.29 is 36.8 Å². The smallest absolute Gasteiger partial charge is 0.328 e. The Morgan fingerprint density at radius 3 is 1.31 bits per heavy atom. The second-order valence-electron chi connectivity index (χ2n) is 12.6. The molecule has 0 aliphatic carbocycles. The quantitative estimate of drug-likeness (QED) is 0.0405. The van der Waals surface area contributed by atoms with Crippen LogP contribution in [0.15, 0.2) is 0 Å². The van der Waals surface area contributed by atoms with Gasteiger partial charge in [0.15, 0.2) is 5.75 Å². The maximum Gasteiger partial charge on any atom is 0.328 e. The Labute approximate surface area is 275 Å². The van der Waals surface area contributed by atoms with Gasteiger partial charge in [0.1, 0.15) is 6.04 Å². The predicted octanol–water partition coefficient (Wildman–Crippen LogP) is 8.63. The number of ether oxygens (including phenoxy) is 2. The summed E-state index contributed by atoms with van der Waals surface area (Å²) in [7, 11) is -4.55. The number of carbonyl (C=O) groups is 3. The van der Waals surface area contributed by atoms with Crippen LogP contribution in [0.3, 0.4) is 0 Å². The van der Waals surface area contributed by atoms with Crippen molar-refractivity contribution in [2.24, 2.45) is 0 Å². The molecular weight excluding hydrogens is 594 g/mol. The molecule has 2 N–H and O–H groups in total. The molecule has 0 radical (unpaired) electrons. The van der Waals surface area contributed by atoms with Crippen LogP contribution in [0, 0.1) is 0 Å². The summed E-state index contributed by atoms with van der Waals surface area (Å²) in [5.41, 5.74) is 0. The van der Waals surface area contributed by atoms with E-state index in [1.54, 1.807) is 0 Å². The Morgan fingerprint density at radius 1 is 0.578 bits per heavy atom. The molecule has 1 unspecified atom stereocenters. The fourth-order valence-corrected chi connectivity index (χ4v) is 5.75. The van der Waals surface area contributed by atoms with Crippen LogP contribution in [-0.4, -0.2) is 55.8 Å². The van der Waals surface area contributed by atoms with E-state index in [2.05, 4.69) is 19.2 Å². The molecule has 0 spiro atoms. The third kappa shape index (κ3) is 32.1. The third-order valence-corrected chi connectivity index (χ3v) is 8.70. The summed E-state index contributed by atoms with van der Waals surface area (Å²) in [6, 6.07) is -1.20. The zero-order valence-corrected chi connectivity index (χ0v) is 29.6. The first-order valence-corrected chi connectivity index (χ1v) is 19.9. The van der Waals surface area contributed by atoms with Crippen LogP contribution in [0.2, 0.25) is 0 Å². The molecule has 0 saturated carbocycles. The van der Waals surface area contributed by atoms with Gasteiger partial charge in [-0.1, -0.05) is 155 Å². The number of hydrogen-bond donors (Lipinski definition) is 2. The van der Waals surface area contributed by atoms with Gasteiger partial charge in [-0.2, -0.15) is 8.42 Å². The van der Waals surface area contributed by atoms with Crippen molar-refractivity contribution in [3.8, 4) is 0 Å². The van der Waals surface area contributed by atoms with Crippen molar-refractivity contribution in [3.63, 3.8) is 0 Å². The maximum absolute atomic E-state index is 12.6. The van der Waals surface area contributed by atoms with Crippen molar-refractivity contribution in [1.29, 1.82) is 0 Å². The van der Waals surface area contributed by atoms with Crippen LogP contribution in [0.4, 0.5) is 0 Å². The predicted molar refractivity (Wildman–Crippen MR) is 182 cm³/mol. The van der Waals surface area contributed by atoms with Crippen LogP contribution < -0.4 is 5.32 Å². The zero-order chi connectivity index (χ0) is 33.4. The highest BCUT2D eigenvalue weighted by Gasteiger charge is 2.25. The highest BCUT2D eigenvalue weighted by molar-refractivity contribution is 7.86. The van der Waals surface area contributed by atoms with Crippen LogP contribution in [0.25, 0.3) is 0 Å². The summed E-state index contributed by atoms with van der Waals surface area (Å²) in [4.78, 5) is 36.9. The monoisotopic (exact) mass is 661 g/mol. The number of nitrogens with one attached hydrogen (secondary N) is 1. The summed E-state index contributed by atoms with van der Waals surface area (Å²) in [5, 5.41) is 2.28. The van der Waals surface area contributed by atoms with Gasteiger partial charge in [-0.3, -0.25) is 14.1 Å². The molecule has 0 fully saturated rings. The Hall–Kier alpha value is -1.68. The number of unbranched alkanes of at least 4 members (excludes halogenated alkanes) is 22. The van der Waals surface area contributed by atoms with Gasteiger partial charge in [-0.15, -0.1) is 0 Å². The van der Waals surface area contributed by atoms with E-state index in [0.29, 0.717) is 13.0 Å². The lowest BCUT2D eigenvalue weighted by Crippen LogP contribution is -2.44. The van der Waals surface area contributed by atoms with Crippen molar-refractivity contribution >= 4 is 28.0 Å². The fourth-order valence-electron chi connectivity index (χ4n) is 5.33. The Bertz CT molecular complexity index is 834. The number of carbonyl (C=O) groups excluding carboxylic acids is 3. The summed E-state index contributed by atoms with van der Waals surface area (Å²) < 4.78 is 41.7. The van der Waals surface area contributed by atoms with E-state index in [0.717, 1.165) is 38.5 Å². The van der Waals surface area contributed by atoms with E-state index in [9.17, 15) is 22.8 Å². The fraction of sp³-hybridized carbons (Fsp3) is 0.914. The van der Waals surface area contributed by atoms with Gasteiger partial charge in [-0.25, -0.2) is 4.79 Å². The highest BCUT2D eigenvalue weighted by Crippen LogP contribution is 2.14. The first-order chi connectivity index (χ1) is 21.7. The van der Waals surface area contributed by atoms with E-state index in [1.807, 2.05) is 0 Å². The molecule has 266 valence electrons. The van der Waals surface area contributed by atoms with Crippen LogP contribution in [0.5, 0.6) is 0 Å². The van der Waals surface area contributed by atoms with Gasteiger partial charge < -0.3 is 14.8 Å². The summed E-state index contributed by atoms with van der Waals surface area (Å²) in [6.45, 7) is 4.95. The molecule has 45 heavy (non-hydrogen) atoms. The normalized spacial score (nSPS) is 12.2. The van der Waals surface area contributed by atoms with Crippen molar-refractivity contribution in [2.45, 2.75) is 187 Å². The van der Waals surface area contributed by atoms with Crippen LogP contribution >= 0.6 is 0 Å². The summed E-state index contributed by atoms with van der Waals surface area (Å²) >= 11 is 0. The standard InChI is InChI=1S/C35H67NO8S/c1-3-5-7-9-11-13-15-17-19-21-23-25-29-43-34(38)28-27-32(36-33(37)31-45(40,41)42)35(39)44-30-26-24-22-20-18-16-14-12-10-8-6-4-2/h32H,3-31H2,1-2H3,(H,36,37)(H,40,41,42). The van der Waals surface area contributed by atoms with E-state index >= 15 is 0 Å². The van der Waals surface area contributed by atoms with Crippen molar-refractivity contribution in [2.75, 3.05) is 19.0 Å². The largest absolute Gasteiger partial charge is 0.466 e. The molecule has 0 aliphatic rings. The highest BCUT2D eigenvalue weighted by atomic mass is 32.2. The molecule has 10 heteroatoms. The molecule has 1 amide bonds. The number of hydrogen-bond acceptors (Lipinski definition) is 7. The maximum atomic E-state index is 12.6. The minimum absolute atomic E-state index is 0.0776. The molecule has 0 aromatic rings. The molecule has 9 nitrogen and oxygen atoms in total. The first-order valence-electron chi connectivity index (χ1n) is 18.3. The van der Waals surface area contributed by atoms with Crippen molar-refractivity contribution in [1.82, 2.24) is 5.32 Å².